The largest absolute Gasteiger partial charge is 0.492 e. The Hall–Kier alpha value is -2.82. The summed E-state index contributed by atoms with van der Waals surface area (Å²) in [6, 6.07) is 22.9. The number of hydrogen-bond donors (Lipinski definition) is 4. The van der Waals surface area contributed by atoms with Gasteiger partial charge >= 0.3 is 0 Å². The molecular formula is C30H39Cl2N3O5S. The van der Waals surface area contributed by atoms with Crippen LogP contribution in [0.1, 0.15) is 54.1 Å². The summed E-state index contributed by atoms with van der Waals surface area (Å²) < 4.78 is 31.2. The first-order valence-electron chi connectivity index (χ1n) is 13.4. The minimum atomic E-state index is -3.68. The summed E-state index contributed by atoms with van der Waals surface area (Å²) in [4.78, 5) is 12.7. The van der Waals surface area contributed by atoms with Crippen molar-refractivity contribution in [3.8, 4) is 16.9 Å². The van der Waals surface area contributed by atoms with Crippen LogP contribution in [0.4, 0.5) is 5.69 Å². The highest BCUT2D eigenvalue weighted by atomic mass is 35.5. The fraction of sp³-hybridized carbons (Fsp3) is 0.367. The van der Waals surface area contributed by atoms with Crippen LogP contribution in [0.5, 0.6) is 5.75 Å². The highest BCUT2D eigenvalue weighted by Crippen LogP contribution is 2.30. The number of hydrogen-bond acceptors (Lipinski definition) is 7. The van der Waals surface area contributed by atoms with Gasteiger partial charge in [-0.3, -0.25) is 4.79 Å². The van der Waals surface area contributed by atoms with Crippen molar-refractivity contribution in [2.75, 3.05) is 31.3 Å². The Balaban J connectivity index is 0.00000294. The number of ether oxygens (including phenoxy) is 1. The van der Waals surface area contributed by atoms with E-state index in [9.17, 15) is 18.3 Å². The third kappa shape index (κ3) is 10.8. The molecule has 1 amide bonds. The molecule has 1 fully saturated rings. The van der Waals surface area contributed by atoms with Gasteiger partial charge in [0.1, 0.15) is 12.4 Å². The second kappa shape index (κ2) is 16.6. The molecule has 0 radical (unpaired) electrons. The van der Waals surface area contributed by atoms with E-state index in [1.807, 2.05) is 66.7 Å². The molecule has 3 aromatic rings. The molecule has 1 aliphatic rings. The summed E-state index contributed by atoms with van der Waals surface area (Å²) in [5.74, 6) is 0.0878. The van der Waals surface area contributed by atoms with Crippen LogP contribution in [0.15, 0.2) is 72.8 Å². The number of sulfonamides is 1. The summed E-state index contributed by atoms with van der Waals surface area (Å²) in [5.41, 5.74) is 3.67. The Labute approximate surface area is 255 Å². The van der Waals surface area contributed by atoms with Crippen LogP contribution in [0.2, 0.25) is 0 Å². The van der Waals surface area contributed by atoms with E-state index in [4.69, 9.17) is 4.74 Å². The maximum absolute atomic E-state index is 12.7. The molecule has 0 unspecified atom stereocenters. The number of aliphatic hydroxyl groups is 1. The fourth-order valence-electron chi connectivity index (χ4n) is 4.75. The highest BCUT2D eigenvalue weighted by molar-refractivity contribution is 7.89. The van der Waals surface area contributed by atoms with Crippen molar-refractivity contribution in [1.29, 1.82) is 0 Å². The van der Waals surface area contributed by atoms with E-state index in [1.54, 1.807) is 6.07 Å². The van der Waals surface area contributed by atoms with Gasteiger partial charge in [0, 0.05) is 24.8 Å². The molecule has 224 valence electrons. The first-order valence-corrected chi connectivity index (χ1v) is 15.3. The molecule has 41 heavy (non-hydrogen) atoms. The predicted octanol–water partition coefficient (Wildman–Crippen LogP) is 5.33. The summed E-state index contributed by atoms with van der Waals surface area (Å²) in [6.45, 7) is 1.50. The minimum absolute atomic E-state index is 0. The number of carbonyl (C=O) groups is 1. The lowest BCUT2D eigenvalue weighted by molar-refractivity contribution is 0.0982. The third-order valence-corrected chi connectivity index (χ3v) is 7.32. The van der Waals surface area contributed by atoms with Gasteiger partial charge in [-0.25, -0.2) is 13.1 Å². The number of aliphatic hydroxyl groups excluding tert-OH is 1. The molecule has 11 heteroatoms. The quantitative estimate of drug-likeness (QED) is 0.201. The summed E-state index contributed by atoms with van der Waals surface area (Å²) in [5, 5.41) is 16.9. The average molecular weight is 625 g/mol. The lowest BCUT2D eigenvalue weighted by Crippen LogP contribution is -2.31. The van der Waals surface area contributed by atoms with E-state index in [-0.39, 0.29) is 30.9 Å². The number of nitrogens with one attached hydrogen (secondary N) is 3. The van der Waals surface area contributed by atoms with Crippen LogP contribution in [0, 0.1) is 0 Å². The average Bonchev–Trinajstić information content (AvgIpc) is 2.93. The summed E-state index contributed by atoms with van der Waals surface area (Å²) in [6.07, 6.45) is 5.92. The zero-order valence-electron chi connectivity index (χ0n) is 23.0. The molecule has 0 bridgehead atoms. The van der Waals surface area contributed by atoms with E-state index in [1.165, 1.54) is 6.42 Å². The molecule has 0 saturated heterocycles. The van der Waals surface area contributed by atoms with E-state index in [0.29, 0.717) is 30.9 Å². The third-order valence-electron chi connectivity index (χ3n) is 6.76. The molecule has 4 rings (SSSR count). The van der Waals surface area contributed by atoms with Gasteiger partial charge in [-0.15, -0.1) is 24.8 Å². The van der Waals surface area contributed by atoms with Crippen molar-refractivity contribution in [3.63, 3.8) is 0 Å². The smallest absolute Gasteiger partial charge is 0.266 e. The van der Waals surface area contributed by atoms with E-state index < -0.39 is 22.0 Å². The van der Waals surface area contributed by atoms with Gasteiger partial charge < -0.3 is 20.5 Å². The topological polar surface area (TPSA) is 117 Å². The standard InChI is InChI=1S/C30H37N3O5S.2ClH/c1-39(36,37)33-30(35)27-17-14-24(20-28(27)32-25-10-6-3-7-11-25)22-12-15-26(16-13-22)38-19-18-31-21-29(34)23-8-4-2-5-9-23;;/h2,4-5,8-9,12-17,20,25,29,31-32,34H,3,6-7,10-11,18-19,21H2,1H3,(H,33,35);2*1H/t29-;;/m1../s1. The molecular weight excluding hydrogens is 585 g/mol. The van der Waals surface area contributed by atoms with Gasteiger partial charge in [0.05, 0.1) is 17.9 Å². The van der Waals surface area contributed by atoms with Crippen LogP contribution in [0.3, 0.4) is 0 Å². The molecule has 4 N–H and O–H groups in total. The molecule has 8 nitrogen and oxygen atoms in total. The number of rotatable bonds is 12. The highest BCUT2D eigenvalue weighted by Gasteiger charge is 2.20. The van der Waals surface area contributed by atoms with Gasteiger partial charge in [0.15, 0.2) is 0 Å². The van der Waals surface area contributed by atoms with Crippen LogP contribution < -0.4 is 20.1 Å². The Morgan fingerprint density at radius 1 is 0.951 bits per heavy atom. The number of anilines is 1. The van der Waals surface area contributed by atoms with E-state index in [2.05, 4.69) is 15.4 Å². The van der Waals surface area contributed by atoms with Gasteiger partial charge in [-0.05, 0) is 53.8 Å². The minimum Gasteiger partial charge on any atom is -0.492 e. The maximum atomic E-state index is 12.7. The Bertz CT molecular complexity index is 1340. The predicted molar refractivity (Wildman–Crippen MR) is 169 cm³/mol. The lowest BCUT2D eigenvalue weighted by atomic mass is 9.94. The Kier molecular flexibility index (Phi) is 13.9. The summed E-state index contributed by atoms with van der Waals surface area (Å²) in [7, 11) is -3.68. The van der Waals surface area contributed by atoms with E-state index in [0.717, 1.165) is 54.4 Å². The SMILES string of the molecule is CS(=O)(=O)NC(=O)c1ccc(-c2ccc(OCCNC[C@@H](O)c3ccccc3)cc2)cc1NC1CCCCC1.Cl.Cl. The van der Waals surface area contributed by atoms with Gasteiger partial charge in [-0.1, -0.05) is 67.8 Å². The first kappa shape index (κ1) is 34.4. The second-order valence-corrected chi connectivity index (χ2v) is 11.7. The molecule has 3 aromatic carbocycles. The van der Waals surface area contributed by atoms with Gasteiger partial charge in [0.2, 0.25) is 10.0 Å². The fourth-order valence-corrected chi connectivity index (χ4v) is 5.19. The molecule has 0 spiro atoms. The van der Waals surface area contributed by atoms with Crippen LogP contribution in [-0.4, -0.2) is 51.4 Å². The van der Waals surface area contributed by atoms with Crippen molar-refractivity contribution >= 4 is 46.4 Å². The monoisotopic (exact) mass is 623 g/mol. The van der Waals surface area contributed by atoms with Crippen LogP contribution in [-0.2, 0) is 10.0 Å². The van der Waals surface area contributed by atoms with Crippen molar-refractivity contribution in [2.45, 2.75) is 44.2 Å². The van der Waals surface area contributed by atoms with Crippen molar-refractivity contribution in [1.82, 2.24) is 10.0 Å². The summed E-state index contributed by atoms with van der Waals surface area (Å²) >= 11 is 0. The number of carbonyl (C=O) groups excluding carboxylic acids is 1. The van der Waals surface area contributed by atoms with Gasteiger partial charge in [0.25, 0.3) is 5.91 Å². The van der Waals surface area contributed by atoms with E-state index >= 15 is 0 Å². The normalized spacial score (nSPS) is 14.2. The van der Waals surface area contributed by atoms with Crippen molar-refractivity contribution < 1.29 is 23.1 Å². The number of amides is 1. The zero-order chi connectivity index (χ0) is 27.7. The molecule has 1 saturated carbocycles. The molecule has 0 aliphatic heterocycles. The molecule has 0 heterocycles. The zero-order valence-corrected chi connectivity index (χ0v) is 25.5. The Morgan fingerprint density at radius 3 is 2.27 bits per heavy atom. The Morgan fingerprint density at radius 2 is 1.61 bits per heavy atom. The molecule has 1 atom stereocenters. The van der Waals surface area contributed by atoms with Crippen molar-refractivity contribution in [2.24, 2.45) is 0 Å². The first-order chi connectivity index (χ1) is 18.8. The molecule has 0 aromatic heterocycles. The van der Waals surface area contributed by atoms with Crippen LogP contribution in [0.25, 0.3) is 11.1 Å². The van der Waals surface area contributed by atoms with Crippen LogP contribution >= 0.6 is 24.8 Å². The lowest BCUT2D eigenvalue weighted by Gasteiger charge is -2.25. The maximum Gasteiger partial charge on any atom is 0.266 e. The second-order valence-electron chi connectivity index (χ2n) is 9.95. The molecule has 1 aliphatic carbocycles. The van der Waals surface area contributed by atoms with Crippen molar-refractivity contribution in [3.05, 3.63) is 83.9 Å². The number of benzene rings is 3. The van der Waals surface area contributed by atoms with Gasteiger partial charge in [-0.2, -0.15) is 0 Å². The number of halogens is 2.